The monoisotopic (exact) mass is 293 g/mol. The second-order valence-corrected chi connectivity index (χ2v) is 4.54. The average Bonchev–Trinajstić information content (AvgIpc) is 2.43. The molecule has 0 atom stereocenters. The SMILES string of the molecule is CCN(c1ccccc1F)c1c(Cl)cccc1C(=O)O. The van der Waals surface area contributed by atoms with Crippen LogP contribution < -0.4 is 4.90 Å². The quantitative estimate of drug-likeness (QED) is 0.912. The molecule has 0 radical (unpaired) electrons. The first-order chi connectivity index (χ1) is 9.56. The standard InChI is InChI=1S/C15H13ClFNO2/c1-2-18(13-9-4-3-8-12(13)17)14-10(15(19)20)6-5-7-11(14)16/h3-9H,2H2,1H3,(H,19,20). The maximum atomic E-state index is 13.9. The van der Waals surface area contributed by atoms with Crippen LogP contribution in [0, 0.1) is 5.82 Å². The van der Waals surface area contributed by atoms with Crippen molar-refractivity contribution in [1.82, 2.24) is 0 Å². The second-order valence-electron chi connectivity index (χ2n) is 4.14. The topological polar surface area (TPSA) is 40.5 Å². The summed E-state index contributed by atoms with van der Waals surface area (Å²) in [7, 11) is 0. The number of carboxylic acid groups (broad SMARTS) is 1. The first-order valence-electron chi connectivity index (χ1n) is 6.10. The van der Waals surface area contributed by atoms with Crippen molar-refractivity contribution < 1.29 is 14.3 Å². The van der Waals surface area contributed by atoms with Crippen LogP contribution in [0.4, 0.5) is 15.8 Å². The van der Waals surface area contributed by atoms with Crippen LogP contribution in [0.2, 0.25) is 5.02 Å². The molecule has 104 valence electrons. The van der Waals surface area contributed by atoms with Crippen LogP contribution in [0.5, 0.6) is 0 Å². The summed E-state index contributed by atoms with van der Waals surface area (Å²) in [4.78, 5) is 12.9. The molecule has 2 aromatic carbocycles. The molecule has 2 aromatic rings. The van der Waals surface area contributed by atoms with Crippen LogP contribution >= 0.6 is 11.6 Å². The van der Waals surface area contributed by atoms with E-state index in [9.17, 15) is 14.3 Å². The molecule has 0 saturated carbocycles. The Hall–Kier alpha value is -2.07. The van der Waals surface area contributed by atoms with Crippen molar-refractivity contribution in [2.75, 3.05) is 11.4 Å². The fourth-order valence-corrected chi connectivity index (χ4v) is 2.36. The van der Waals surface area contributed by atoms with Crippen molar-refractivity contribution in [3.63, 3.8) is 0 Å². The fraction of sp³-hybridized carbons (Fsp3) is 0.133. The summed E-state index contributed by atoms with van der Waals surface area (Å²) in [6.07, 6.45) is 0. The van der Waals surface area contributed by atoms with Crippen LogP contribution in [-0.2, 0) is 0 Å². The van der Waals surface area contributed by atoms with E-state index >= 15 is 0 Å². The van der Waals surface area contributed by atoms with E-state index in [1.165, 1.54) is 12.1 Å². The fourth-order valence-electron chi connectivity index (χ4n) is 2.08. The number of para-hydroxylation sites is 2. The molecule has 20 heavy (non-hydrogen) atoms. The molecule has 0 fully saturated rings. The van der Waals surface area contributed by atoms with E-state index in [0.717, 1.165) is 0 Å². The van der Waals surface area contributed by atoms with Gasteiger partial charge in [0, 0.05) is 6.54 Å². The van der Waals surface area contributed by atoms with Crippen molar-refractivity contribution in [1.29, 1.82) is 0 Å². The van der Waals surface area contributed by atoms with E-state index in [2.05, 4.69) is 0 Å². The lowest BCUT2D eigenvalue weighted by atomic mass is 10.1. The highest BCUT2D eigenvalue weighted by atomic mass is 35.5. The van der Waals surface area contributed by atoms with Gasteiger partial charge in [-0.05, 0) is 31.2 Å². The van der Waals surface area contributed by atoms with Gasteiger partial charge in [0.1, 0.15) is 5.82 Å². The number of benzene rings is 2. The van der Waals surface area contributed by atoms with Gasteiger partial charge < -0.3 is 10.0 Å². The lowest BCUT2D eigenvalue weighted by Gasteiger charge is -2.26. The number of anilines is 2. The van der Waals surface area contributed by atoms with Gasteiger partial charge in [-0.15, -0.1) is 0 Å². The second kappa shape index (κ2) is 5.92. The molecule has 0 aliphatic rings. The highest BCUT2D eigenvalue weighted by molar-refractivity contribution is 6.34. The number of nitrogens with zero attached hydrogens (tertiary/aromatic N) is 1. The van der Waals surface area contributed by atoms with E-state index in [0.29, 0.717) is 17.9 Å². The van der Waals surface area contributed by atoms with Gasteiger partial charge in [-0.2, -0.15) is 0 Å². The van der Waals surface area contributed by atoms with Crippen LogP contribution in [0.3, 0.4) is 0 Å². The normalized spacial score (nSPS) is 10.3. The molecule has 0 aliphatic heterocycles. The Morgan fingerprint density at radius 1 is 1.25 bits per heavy atom. The summed E-state index contributed by atoms with van der Waals surface area (Å²) in [6.45, 7) is 2.20. The number of carboxylic acids is 1. The van der Waals surface area contributed by atoms with Crippen molar-refractivity contribution in [2.24, 2.45) is 0 Å². The largest absolute Gasteiger partial charge is 0.478 e. The van der Waals surface area contributed by atoms with Gasteiger partial charge in [0.05, 0.1) is 22.0 Å². The third kappa shape index (κ3) is 2.60. The number of aromatic carboxylic acids is 1. The highest BCUT2D eigenvalue weighted by Gasteiger charge is 2.21. The molecule has 0 aliphatic carbocycles. The smallest absolute Gasteiger partial charge is 0.337 e. The summed E-state index contributed by atoms with van der Waals surface area (Å²) >= 11 is 6.12. The summed E-state index contributed by atoms with van der Waals surface area (Å²) in [6, 6.07) is 10.8. The Labute approximate surface area is 121 Å². The maximum absolute atomic E-state index is 13.9. The number of hydrogen-bond donors (Lipinski definition) is 1. The molecule has 1 N–H and O–H groups in total. The maximum Gasteiger partial charge on any atom is 0.337 e. The van der Waals surface area contributed by atoms with Gasteiger partial charge in [-0.1, -0.05) is 29.8 Å². The molecule has 0 aromatic heterocycles. The van der Waals surface area contributed by atoms with Crippen molar-refractivity contribution in [3.8, 4) is 0 Å². The van der Waals surface area contributed by atoms with E-state index in [4.69, 9.17) is 11.6 Å². The highest BCUT2D eigenvalue weighted by Crippen LogP contribution is 2.36. The van der Waals surface area contributed by atoms with Crippen LogP contribution in [-0.4, -0.2) is 17.6 Å². The van der Waals surface area contributed by atoms with Gasteiger partial charge in [0.25, 0.3) is 0 Å². The predicted molar refractivity (Wildman–Crippen MR) is 77.5 cm³/mol. The van der Waals surface area contributed by atoms with Gasteiger partial charge >= 0.3 is 5.97 Å². The van der Waals surface area contributed by atoms with Crippen molar-refractivity contribution >= 4 is 28.9 Å². The van der Waals surface area contributed by atoms with Gasteiger partial charge in [0.15, 0.2) is 0 Å². The number of halogens is 2. The molecular formula is C15H13ClFNO2. The molecule has 0 spiro atoms. The number of rotatable bonds is 4. The molecule has 0 amide bonds. The average molecular weight is 294 g/mol. The first kappa shape index (κ1) is 14.3. The summed E-state index contributed by atoms with van der Waals surface area (Å²) in [5, 5.41) is 9.54. The van der Waals surface area contributed by atoms with Crippen LogP contribution in [0.15, 0.2) is 42.5 Å². The Morgan fingerprint density at radius 2 is 1.95 bits per heavy atom. The third-order valence-corrected chi connectivity index (χ3v) is 3.25. The molecule has 0 saturated heterocycles. The van der Waals surface area contributed by atoms with E-state index in [1.54, 1.807) is 42.2 Å². The molecule has 2 rings (SSSR count). The molecule has 0 unspecified atom stereocenters. The zero-order valence-electron chi connectivity index (χ0n) is 10.8. The molecular weight excluding hydrogens is 281 g/mol. The third-order valence-electron chi connectivity index (χ3n) is 2.95. The minimum atomic E-state index is -1.10. The lowest BCUT2D eigenvalue weighted by Crippen LogP contribution is -2.20. The molecule has 5 heteroatoms. The van der Waals surface area contributed by atoms with Crippen LogP contribution in [0.25, 0.3) is 0 Å². The minimum absolute atomic E-state index is 0.0441. The molecule has 0 bridgehead atoms. The number of hydrogen-bond acceptors (Lipinski definition) is 2. The predicted octanol–water partition coefficient (Wildman–Crippen LogP) is 4.34. The van der Waals surface area contributed by atoms with E-state index in [1.807, 2.05) is 0 Å². The van der Waals surface area contributed by atoms with E-state index < -0.39 is 11.8 Å². The summed E-state index contributed by atoms with van der Waals surface area (Å²) < 4.78 is 13.9. The molecule has 0 heterocycles. The zero-order valence-corrected chi connectivity index (χ0v) is 11.6. The Morgan fingerprint density at radius 3 is 2.55 bits per heavy atom. The Balaban J connectivity index is 2.64. The van der Waals surface area contributed by atoms with Crippen LogP contribution in [0.1, 0.15) is 17.3 Å². The van der Waals surface area contributed by atoms with Gasteiger partial charge in [-0.25, -0.2) is 9.18 Å². The molecule has 3 nitrogen and oxygen atoms in total. The number of carbonyl (C=O) groups is 1. The first-order valence-corrected chi connectivity index (χ1v) is 6.48. The van der Waals surface area contributed by atoms with E-state index in [-0.39, 0.29) is 10.6 Å². The summed E-state index contributed by atoms with van der Waals surface area (Å²) in [5.74, 6) is -1.53. The minimum Gasteiger partial charge on any atom is -0.478 e. The summed E-state index contributed by atoms with van der Waals surface area (Å²) in [5.41, 5.74) is 0.641. The zero-order chi connectivity index (χ0) is 14.7. The Kier molecular flexibility index (Phi) is 4.25. The lowest BCUT2D eigenvalue weighted by molar-refractivity contribution is 0.0697. The van der Waals surface area contributed by atoms with Gasteiger partial charge in [-0.3, -0.25) is 0 Å². The van der Waals surface area contributed by atoms with Crippen molar-refractivity contribution in [2.45, 2.75) is 6.92 Å². The van der Waals surface area contributed by atoms with Crippen molar-refractivity contribution in [3.05, 3.63) is 58.9 Å². The Bertz CT molecular complexity index is 646. The van der Waals surface area contributed by atoms with Gasteiger partial charge in [0.2, 0.25) is 0 Å².